The van der Waals surface area contributed by atoms with E-state index in [1.807, 2.05) is 0 Å². The van der Waals surface area contributed by atoms with E-state index in [1.165, 1.54) is 12.1 Å². The van der Waals surface area contributed by atoms with Gasteiger partial charge in [0.05, 0.1) is 12.6 Å². The molecule has 1 aliphatic heterocycles. The van der Waals surface area contributed by atoms with Crippen LogP contribution in [-0.2, 0) is 18.3 Å². The summed E-state index contributed by atoms with van der Waals surface area (Å²) in [4.78, 5) is 7.16. The van der Waals surface area contributed by atoms with Crippen molar-refractivity contribution in [1.82, 2.24) is 14.8 Å². The lowest BCUT2D eigenvalue weighted by molar-refractivity contribution is -0.0824. The zero-order chi connectivity index (χ0) is 18.4. The van der Waals surface area contributed by atoms with E-state index in [1.54, 1.807) is 0 Å². The molecule has 0 aliphatic carbocycles. The van der Waals surface area contributed by atoms with E-state index >= 15 is 0 Å². The molecule has 5 heteroatoms. The van der Waals surface area contributed by atoms with Gasteiger partial charge >= 0.3 is 0 Å². The first-order chi connectivity index (χ1) is 11.8. The Morgan fingerprint density at radius 1 is 1.44 bits per heavy atom. The van der Waals surface area contributed by atoms with Gasteiger partial charge in [0.15, 0.2) is 5.96 Å². The summed E-state index contributed by atoms with van der Waals surface area (Å²) in [5.74, 6) is 1.47. The number of nitrogens with one attached hydrogen (secondary N) is 1. The number of nitrogens with zero attached hydrogens (tertiary/aromatic N) is 3. The van der Waals surface area contributed by atoms with Gasteiger partial charge < -0.3 is 19.5 Å². The predicted molar refractivity (Wildman–Crippen MR) is 105 cm³/mol. The summed E-state index contributed by atoms with van der Waals surface area (Å²) in [5.41, 5.74) is 1.44. The minimum atomic E-state index is 0.161. The van der Waals surface area contributed by atoms with Crippen LogP contribution in [0, 0.1) is 11.3 Å². The maximum Gasteiger partial charge on any atom is 0.194 e. The fraction of sp³-hybridized carbons (Fsp3) is 0.750. The van der Waals surface area contributed by atoms with Crippen molar-refractivity contribution >= 4 is 5.96 Å². The zero-order valence-electron chi connectivity index (χ0n) is 16.9. The molecule has 0 aromatic carbocycles. The summed E-state index contributed by atoms with van der Waals surface area (Å²) < 4.78 is 8.26. The average molecular weight is 349 g/mol. The smallest absolute Gasteiger partial charge is 0.194 e. The van der Waals surface area contributed by atoms with Crippen LogP contribution in [0.2, 0.25) is 0 Å². The standard InChI is InChI=1S/C20H36N4O/c1-7-21-19(24(6)15-17-11-8-12-23(17)5)22-14-16-10-9-13-25-18(16)20(2,3)4/h8,11-12,16,18H,7,9-10,13-15H2,1-6H3,(H,21,22). The lowest BCUT2D eigenvalue weighted by atomic mass is 9.78. The second-order valence-corrected chi connectivity index (χ2v) is 8.22. The fourth-order valence-corrected chi connectivity index (χ4v) is 3.64. The van der Waals surface area contributed by atoms with Gasteiger partial charge in [-0.2, -0.15) is 0 Å². The molecular weight excluding hydrogens is 312 g/mol. The van der Waals surface area contributed by atoms with Crippen LogP contribution in [0.1, 0.15) is 46.2 Å². The number of aryl methyl sites for hydroxylation is 1. The molecule has 25 heavy (non-hydrogen) atoms. The summed E-state index contributed by atoms with van der Waals surface area (Å²) in [6.07, 6.45) is 4.71. The molecule has 0 radical (unpaired) electrons. The summed E-state index contributed by atoms with van der Waals surface area (Å²) in [7, 11) is 4.19. The Balaban J connectivity index is 2.06. The molecule has 1 fully saturated rings. The van der Waals surface area contributed by atoms with Gasteiger partial charge in [0.1, 0.15) is 0 Å². The Morgan fingerprint density at radius 3 is 2.80 bits per heavy atom. The average Bonchev–Trinajstić information content (AvgIpc) is 2.95. The first-order valence-electron chi connectivity index (χ1n) is 9.54. The topological polar surface area (TPSA) is 41.8 Å². The highest BCUT2D eigenvalue weighted by atomic mass is 16.5. The van der Waals surface area contributed by atoms with E-state index in [0.717, 1.165) is 38.6 Å². The fourth-order valence-electron chi connectivity index (χ4n) is 3.64. The highest BCUT2D eigenvalue weighted by Crippen LogP contribution is 2.34. The van der Waals surface area contributed by atoms with E-state index < -0.39 is 0 Å². The summed E-state index contributed by atoms with van der Waals surface area (Å²) in [6.45, 7) is 12.4. The number of hydrogen-bond acceptors (Lipinski definition) is 2. The third-order valence-corrected chi connectivity index (χ3v) is 4.92. The van der Waals surface area contributed by atoms with Crippen molar-refractivity contribution in [2.24, 2.45) is 23.4 Å². The van der Waals surface area contributed by atoms with Gasteiger partial charge in [-0.05, 0) is 37.3 Å². The molecule has 142 valence electrons. The van der Waals surface area contributed by atoms with Gasteiger partial charge in [-0.3, -0.25) is 4.99 Å². The van der Waals surface area contributed by atoms with E-state index in [2.05, 4.69) is 74.9 Å². The zero-order valence-corrected chi connectivity index (χ0v) is 16.9. The van der Waals surface area contributed by atoms with Crippen LogP contribution in [0.25, 0.3) is 0 Å². The summed E-state index contributed by atoms with van der Waals surface area (Å²) >= 11 is 0. The maximum atomic E-state index is 6.10. The van der Waals surface area contributed by atoms with Crippen molar-refractivity contribution in [2.75, 3.05) is 26.7 Å². The molecule has 2 rings (SSSR count). The quantitative estimate of drug-likeness (QED) is 0.656. The molecule has 1 saturated heterocycles. The Bertz CT molecular complexity index is 558. The minimum absolute atomic E-state index is 0.161. The van der Waals surface area contributed by atoms with Crippen LogP contribution in [0.15, 0.2) is 23.3 Å². The Hall–Kier alpha value is -1.49. The van der Waals surface area contributed by atoms with Crippen molar-refractivity contribution in [3.63, 3.8) is 0 Å². The molecule has 5 nitrogen and oxygen atoms in total. The van der Waals surface area contributed by atoms with E-state index in [4.69, 9.17) is 9.73 Å². The van der Waals surface area contributed by atoms with Crippen LogP contribution in [0.5, 0.6) is 0 Å². The molecule has 0 saturated carbocycles. The molecule has 2 unspecified atom stereocenters. The largest absolute Gasteiger partial charge is 0.377 e. The van der Waals surface area contributed by atoms with Crippen molar-refractivity contribution in [2.45, 2.75) is 53.2 Å². The number of aromatic nitrogens is 1. The third kappa shape index (κ3) is 5.50. The van der Waals surface area contributed by atoms with E-state index in [-0.39, 0.29) is 11.5 Å². The summed E-state index contributed by atoms with van der Waals surface area (Å²) in [6, 6.07) is 4.24. The van der Waals surface area contributed by atoms with Crippen molar-refractivity contribution in [1.29, 1.82) is 0 Å². The molecular formula is C20H36N4O. The molecule has 2 atom stereocenters. The first kappa shape index (κ1) is 19.8. The molecule has 0 bridgehead atoms. The lowest BCUT2D eigenvalue weighted by Crippen LogP contribution is -2.43. The molecule has 1 aromatic heterocycles. The lowest BCUT2D eigenvalue weighted by Gasteiger charge is -2.39. The molecule has 1 N–H and O–H groups in total. The number of aliphatic imine (C=N–C) groups is 1. The molecule has 2 heterocycles. The van der Waals surface area contributed by atoms with Crippen molar-refractivity contribution in [3.8, 4) is 0 Å². The Morgan fingerprint density at radius 2 is 2.20 bits per heavy atom. The Labute approximate surface area is 153 Å². The van der Waals surface area contributed by atoms with Crippen LogP contribution in [0.3, 0.4) is 0 Å². The molecule has 1 aromatic rings. The predicted octanol–water partition coefficient (Wildman–Crippen LogP) is 3.26. The molecule has 1 aliphatic rings. The summed E-state index contributed by atoms with van der Waals surface area (Å²) in [5, 5.41) is 3.43. The maximum absolute atomic E-state index is 6.10. The van der Waals surface area contributed by atoms with Crippen LogP contribution in [-0.4, -0.2) is 48.3 Å². The highest BCUT2D eigenvalue weighted by Gasteiger charge is 2.35. The van der Waals surface area contributed by atoms with Crippen LogP contribution in [0.4, 0.5) is 0 Å². The molecule has 0 spiro atoms. The SMILES string of the molecule is CCNC(=NCC1CCCOC1C(C)(C)C)N(C)Cc1cccn1C. The van der Waals surface area contributed by atoms with Crippen molar-refractivity contribution in [3.05, 3.63) is 24.0 Å². The normalized spacial score (nSPS) is 22.1. The minimum Gasteiger partial charge on any atom is -0.377 e. The Kier molecular flexibility index (Phi) is 6.94. The van der Waals surface area contributed by atoms with Gasteiger partial charge in [0.25, 0.3) is 0 Å². The molecule has 0 amide bonds. The van der Waals surface area contributed by atoms with Crippen LogP contribution >= 0.6 is 0 Å². The number of hydrogen-bond donors (Lipinski definition) is 1. The third-order valence-electron chi connectivity index (χ3n) is 4.92. The van der Waals surface area contributed by atoms with E-state index in [9.17, 15) is 0 Å². The van der Waals surface area contributed by atoms with Crippen LogP contribution < -0.4 is 5.32 Å². The number of ether oxygens (including phenoxy) is 1. The highest BCUT2D eigenvalue weighted by molar-refractivity contribution is 5.79. The second-order valence-electron chi connectivity index (χ2n) is 8.22. The van der Waals surface area contributed by atoms with Gasteiger partial charge in [0.2, 0.25) is 0 Å². The second kappa shape index (κ2) is 8.75. The van der Waals surface area contributed by atoms with Gasteiger partial charge in [-0.1, -0.05) is 20.8 Å². The van der Waals surface area contributed by atoms with Gasteiger partial charge in [-0.25, -0.2) is 0 Å². The first-order valence-corrected chi connectivity index (χ1v) is 9.54. The number of rotatable bonds is 5. The van der Waals surface area contributed by atoms with Crippen molar-refractivity contribution < 1.29 is 4.74 Å². The van der Waals surface area contributed by atoms with Gasteiger partial charge in [0, 0.05) is 51.6 Å². The number of guanidine groups is 1. The monoisotopic (exact) mass is 348 g/mol. The van der Waals surface area contributed by atoms with E-state index in [0.29, 0.717) is 5.92 Å². The van der Waals surface area contributed by atoms with Gasteiger partial charge in [-0.15, -0.1) is 0 Å².